The van der Waals surface area contributed by atoms with Gasteiger partial charge in [0.15, 0.2) is 0 Å². The number of nitrogens with two attached hydrogens (primary N) is 1. The maximum Gasteiger partial charge on any atom is 0.236 e. The van der Waals surface area contributed by atoms with Crippen molar-refractivity contribution in [1.29, 1.82) is 0 Å². The van der Waals surface area contributed by atoms with Gasteiger partial charge in [0, 0.05) is 36.1 Å². The zero-order valence-electron chi connectivity index (χ0n) is 22.9. The second kappa shape index (κ2) is 12.6. The van der Waals surface area contributed by atoms with Crippen LogP contribution >= 0.6 is 11.6 Å². The van der Waals surface area contributed by atoms with Crippen LogP contribution in [-0.4, -0.2) is 53.3 Å². The number of carbonyl (C=O) groups excluding carboxylic acids is 3. The lowest BCUT2D eigenvalue weighted by Gasteiger charge is -2.47. The van der Waals surface area contributed by atoms with Crippen molar-refractivity contribution < 1.29 is 14.4 Å². The Hall–Kier alpha value is -2.12. The number of nitrogens with one attached hydrogen (secondary N) is 2. The van der Waals surface area contributed by atoms with Crippen LogP contribution in [0.4, 0.5) is 0 Å². The zero-order valence-corrected chi connectivity index (χ0v) is 23.7. The first-order chi connectivity index (χ1) is 17.4. The molecule has 0 aromatic heterocycles. The first-order valence-electron chi connectivity index (χ1n) is 13.8. The van der Waals surface area contributed by atoms with E-state index >= 15 is 0 Å². The standard InChI is InChI=1S/C29H45ClN4O3/c1-20(31)26(36)32-24(18-21-10-12-23(30)13-11-21)19-25(35)34-16-14-29(15-17-34,22-8-6-5-7-9-22)27(37)33-28(2,3)4/h10-13,20,22,24H,5-9,14-19,31H2,1-4H3,(H,32,36)(H,33,37)/t20-,24-/m1/s1. The number of benzene rings is 1. The van der Waals surface area contributed by atoms with Gasteiger partial charge in [0.2, 0.25) is 17.7 Å². The lowest BCUT2D eigenvalue weighted by molar-refractivity contribution is -0.146. The third-order valence-electron chi connectivity index (χ3n) is 7.91. The molecule has 0 radical (unpaired) electrons. The van der Waals surface area contributed by atoms with E-state index in [0.29, 0.717) is 43.3 Å². The van der Waals surface area contributed by atoms with Crippen LogP contribution in [0.1, 0.15) is 84.6 Å². The summed E-state index contributed by atoms with van der Waals surface area (Å²) in [7, 11) is 0. The highest BCUT2D eigenvalue weighted by Gasteiger charge is 2.48. The van der Waals surface area contributed by atoms with Crippen molar-refractivity contribution in [3.63, 3.8) is 0 Å². The van der Waals surface area contributed by atoms with Crippen LogP contribution in [0.2, 0.25) is 5.02 Å². The van der Waals surface area contributed by atoms with E-state index in [1.165, 1.54) is 19.3 Å². The number of nitrogens with zero attached hydrogens (tertiary/aromatic N) is 1. The summed E-state index contributed by atoms with van der Waals surface area (Å²) in [6.45, 7) is 8.82. The predicted molar refractivity (Wildman–Crippen MR) is 148 cm³/mol. The lowest BCUT2D eigenvalue weighted by atomic mass is 9.63. The van der Waals surface area contributed by atoms with Crippen LogP contribution in [0, 0.1) is 11.3 Å². The highest BCUT2D eigenvalue weighted by atomic mass is 35.5. The van der Waals surface area contributed by atoms with Crippen molar-refractivity contribution in [2.24, 2.45) is 17.1 Å². The molecule has 4 N–H and O–H groups in total. The summed E-state index contributed by atoms with van der Waals surface area (Å²) in [5, 5.41) is 6.85. The van der Waals surface area contributed by atoms with Crippen molar-refractivity contribution in [2.45, 2.75) is 103 Å². The smallest absolute Gasteiger partial charge is 0.236 e. The molecule has 0 unspecified atom stereocenters. The Labute approximate surface area is 227 Å². The molecular formula is C29H45ClN4O3. The Kier molecular flexibility index (Phi) is 10.0. The molecule has 3 rings (SSSR count). The van der Waals surface area contributed by atoms with Crippen LogP contribution in [0.15, 0.2) is 24.3 Å². The van der Waals surface area contributed by atoms with E-state index in [1.807, 2.05) is 37.8 Å². The van der Waals surface area contributed by atoms with Gasteiger partial charge in [-0.15, -0.1) is 0 Å². The van der Waals surface area contributed by atoms with Crippen molar-refractivity contribution in [1.82, 2.24) is 15.5 Å². The molecule has 206 valence electrons. The summed E-state index contributed by atoms with van der Waals surface area (Å²) in [6.07, 6.45) is 7.79. The third kappa shape index (κ3) is 8.18. The second-order valence-corrected chi connectivity index (χ2v) is 12.5. The molecule has 1 saturated carbocycles. The van der Waals surface area contributed by atoms with Gasteiger partial charge in [0.25, 0.3) is 0 Å². The molecule has 7 nitrogen and oxygen atoms in total. The molecule has 8 heteroatoms. The van der Waals surface area contributed by atoms with E-state index in [1.54, 1.807) is 19.1 Å². The van der Waals surface area contributed by atoms with Crippen LogP contribution in [0.3, 0.4) is 0 Å². The Bertz CT molecular complexity index is 927. The molecule has 1 aliphatic heterocycles. The summed E-state index contributed by atoms with van der Waals surface area (Å²) in [5.74, 6) is 0.227. The summed E-state index contributed by atoms with van der Waals surface area (Å²) < 4.78 is 0. The molecule has 0 spiro atoms. The molecule has 1 aromatic carbocycles. The summed E-state index contributed by atoms with van der Waals surface area (Å²) in [6, 6.07) is 6.40. The number of halogens is 1. The number of rotatable bonds is 8. The molecule has 2 fully saturated rings. The van der Waals surface area contributed by atoms with E-state index in [4.69, 9.17) is 17.3 Å². The minimum Gasteiger partial charge on any atom is -0.351 e. The molecule has 2 aliphatic rings. The molecule has 1 aromatic rings. The zero-order chi connectivity index (χ0) is 27.2. The lowest BCUT2D eigenvalue weighted by Crippen LogP contribution is -2.57. The van der Waals surface area contributed by atoms with Crippen molar-refractivity contribution in [3.8, 4) is 0 Å². The molecule has 1 aliphatic carbocycles. The fraction of sp³-hybridized carbons (Fsp3) is 0.690. The average molecular weight is 533 g/mol. The fourth-order valence-electron chi connectivity index (χ4n) is 5.85. The van der Waals surface area contributed by atoms with Gasteiger partial charge < -0.3 is 21.3 Å². The Balaban J connectivity index is 1.69. The van der Waals surface area contributed by atoms with E-state index in [2.05, 4.69) is 10.6 Å². The van der Waals surface area contributed by atoms with Gasteiger partial charge in [0.1, 0.15) is 0 Å². The average Bonchev–Trinajstić information content (AvgIpc) is 2.84. The Morgan fingerprint density at radius 1 is 1.08 bits per heavy atom. The number of piperidine rings is 1. The molecular weight excluding hydrogens is 488 g/mol. The SMILES string of the molecule is C[C@@H](N)C(=O)N[C@@H](CC(=O)N1CCC(C(=O)NC(C)(C)C)(C2CCCCC2)CC1)Cc1ccc(Cl)cc1. The van der Waals surface area contributed by atoms with Crippen molar-refractivity contribution in [3.05, 3.63) is 34.9 Å². The van der Waals surface area contributed by atoms with E-state index in [0.717, 1.165) is 18.4 Å². The van der Waals surface area contributed by atoms with Gasteiger partial charge in [0.05, 0.1) is 11.5 Å². The quantitative estimate of drug-likeness (QED) is 0.466. The van der Waals surface area contributed by atoms with Gasteiger partial charge in [-0.3, -0.25) is 14.4 Å². The van der Waals surface area contributed by atoms with Crippen LogP contribution < -0.4 is 16.4 Å². The Morgan fingerprint density at radius 2 is 1.68 bits per heavy atom. The number of hydrogen-bond acceptors (Lipinski definition) is 4. The minimum absolute atomic E-state index is 0.00240. The molecule has 3 amide bonds. The minimum atomic E-state index is -0.657. The second-order valence-electron chi connectivity index (χ2n) is 12.1. The summed E-state index contributed by atoms with van der Waals surface area (Å²) >= 11 is 6.02. The summed E-state index contributed by atoms with van der Waals surface area (Å²) in [4.78, 5) is 41.3. The Morgan fingerprint density at radius 3 is 2.22 bits per heavy atom. The first kappa shape index (κ1) is 29.4. The number of likely N-dealkylation sites (tertiary alicyclic amines) is 1. The van der Waals surface area contributed by atoms with E-state index < -0.39 is 11.5 Å². The third-order valence-corrected chi connectivity index (χ3v) is 8.16. The summed E-state index contributed by atoms with van der Waals surface area (Å²) in [5.41, 5.74) is 6.06. The van der Waals surface area contributed by atoms with Crippen LogP contribution in [0.5, 0.6) is 0 Å². The van der Waals surface area contributed by atoms with Crippen molar-refractivity contribution in [2.75, 3.05) is 13.1 Å². The van der Waals surface area contributed by atoms with Crippen LogP contribution in [0.25, 0.3) is 0 Å². The number of hydrogen-bond donors (Lipinski definition) is 3. The maximum atomic E-state index is 13.6. The van der Waals surface area contributed by atoms with Gasteiger partial charge in [-0.05, 0) is 83.4 Å². The fourth-order valence-corrected chi connectivity index (χ4v) is 5.97. The van der Waals surface area contributed by atoms with Crippen LogP contribution in [-0.2, 0) is 20.8 Å². The largest absolute Gasteiger partial charge is 0.351 e. The highest BCUT2D eigenvalue weighted by Crippen LogP contribution is 2.46. The van der Waals surface area contributed by atoms with Gasteiger partial charge in [-0.1, -0.05) is 43.0 Å². The molecule has 0 bridgehead atoms. The molecule has 1 heterocycles. The highest BCUT2D eigenvalue weighted by molar-refractivity contribution is 6.30. The molecule has 2 atom stereocenters. The number of amides is 3. The van der Waals surface area contributed by atoms with Crippen molar-refractivity contribution >= 4 is 29.3 Å². The van der Waals surface area contributed by atoms with Gasteiger partial charge in [-0.2, -0.15) is 0 Å². The monoisotopic (exact) mass is 532 g/mol. The topological polar surface area (TPSA) is 105 Å². The normalized spacial score (nSPS) is 20.1. The van der Waals surface area contributed by atoms with E-state index in [9.17, 15) is 14.4 Å². The molecule has 37 heavy (non-hydrogen) atoms. The van der Waals surface area contributed by atoms with Gasteiger partial charge in [-0.25, -0.2) is 0 Å². The number of carbonyl (C=O) groups is 3. The molecule has 1 saturated heterocycles. The van der Waals surface area contributed by atoms with Gasteiger partial charge >= 0.3 is 0 Å². The maximum absolute atomic E-state index is 13.6. The first-order valence-corrected chi connectivity index (χ1v) is 14.2. The predicted octanol–water partition coefficient (Wildman–Crippen LogP) is 4.21. The van der Waals surface area contributed by atoms with E-state index in [-0.39, 0.29) is 35.7 Å².